The van der Waals surface area contributed by atoms with Crippen molar-refractivity contribution in [1.29, 1.82) is 0 Å². The third kappa shape index (κ3) is 4.22. The molecule has 7 heteroatoms. The molecular weight excluding hydrogens is 298 g/mol. The maximum atomic E-state index is 12.7. The number of carbonyl (C=O) groups excluding carboxylic acids is 2. The number of primary amides is 1. The molecule has 2 heterocycles. The number of nitrogens with two attached hydrogens (primary N) is 1. The highest BCUT2D eigenvalue weighted by Gasteiger charge is 2.36. The van der Waals surface area contributed by atoms with E-state index in [2.05, 4.69) is 4.90 Å². The molecule has 3 aliphatic rings. The van der Waals surface area contributed by atoms with E-state index in [4.69, 9.17) is 15.2 Å². The average molecular weight is 325 g/mol. The van der Waals surface area contributed by atoms with E-state index in [0.29, 0.717) is 26.1 Å². The molecule has 130 valence electrons. The van der Waals surface area contributed by atoms with E-state index in [1.807, 2.05) is 4.90 Å². The fourth-order valence-electron chi connectivity index (χ4n) is 3.82. The van der Waals surface area contributed by atoms with E-state index in [1.54, 1.807) is 0 Å². The van der Waals surface area contributed by atoms with Gasteiger partial charge < -0.3 is 20.1 Å². The predicted molar refractivity (Wildman–Crippen MR) is 83.6 cm³/mol. The molecule has 1 aliphatic carbocycles. The molecule has 23 heavy (non-hydrogen) atoms. The Morgan fingerprint density at radius 2 is 1.78 bits per heavy atom. The van der Waals surface area contributed by atoms with Crippen LogP contribution >= 0.6 is 0 Å². The summed E-state index contributed by atoms with van der Waals surface area (Å²) in [6, 6.07) is 0. The first-order valence-corrected chi connectivity index (χ1v) is 8.63. The van der Waals surface area contributed by atoms with Gasteiger partial charge in [-0.25, -0.2) is 0 Å². The average Bonchev–Trinajstić information content (AvgIpc) is 3.06. The Morgan fingerprint density at radius 3 is 2.48 bits per heavy atom. The van der Waals surface area contributed by atoms with Crippen LogP contribution in [0.25, 0.3) is 0 Å². The first kappa shape index (κ1) is 16.7. The zero-order valence-electron chi connectivity index (χ0n) is 13.6. The molecule has 0 aromatic carbocycles. The van der Waals surface area contributed by atoms with Gasteiger partial charge in [0.1, 0.15) is 0 Å². The van der Waals surface area contributed by atoms with Crippen molar-refractivity contribution in [3.63, 3.8) is 0 Å². The summed E-state index contributed by atoms with van der Waals surface area (Å²) < 4.78 is 11.2. The van der Waals surface area contributed by atoms with Crippen LogP contribution in [0.15, 0.2) is 0 Å². The minimum absolute atomic E-state index is 0.0466. The second-order valence-corrected chi connectivity index (χ2v) is 6.80. The summed E-state index contributed by atoms with van der Waals surface area (Å²) in [5.41, 5.74) is 5.37. The number of ether oxygens (including phenoxy) is 2. The second kappa shape index (κ2) is 7.59. The maximum Gasteiger partial charge on any atom is 0.225 e. The minimum atomic E-state index is -0.271. The number of hydrogen-bond donors (Lipinski definition) is 1. The number of nitrogens with zero attached hydrogens (tertiary/aromatic N) is 2. The van der Waals surface area contributed by atoms with Gasteiger partial charge in [-0.1, -0.05) is 0 Å². The molecule has 3 atom stereocenters. The van der Waals surface area contributed by atoms with Gasteiger partial charge in [-0.05, 0) is 19.3 Å². The van der Waals surface area contributed by atoms with Gasteiger partial charge in [0.25, 0.3) is 0 Å². The molecule has 2 amide bonds. The molecule has 0 spiro atoms. The molecule has 3 rings (SSSR count). The summed E-state index contributed by atoms with van der Waals surface area (Å²) >= 11 is 0. The quantitative estimate of drug-likeness (QED) is 0.749. The lowest BCUT2D eigenvalue weighted by Crippen LogP contribution is -2.52. The summed E-state index contributed by atoms with van der Waals surface area (Å²) in [6.07, 6.45) is 2.20. The number of hydrogen-bond acceptors (Lipinski definition) is 5. The van der Waals surface area contributed by atoms with Crippen molar-refractivity contribution in [3.8, 4) is 0 Å². The first-order valence-electron chi connectivity index (χ1n) is 8.63. The van der Waals surface area contributed by atoms with Crippen molar-refractivity contribution in [2.45, 2.75) is 25.4 Å². The summed E-state index contributed by atoms with van der Waals surface area (Å²) in [7, 11) is 0. The summed E-state index contributed by atoms with van der Waals surface area (Å²) in [4.78, 5) is 28.2. The van der Waals surface area contributed by atoms with Gasteiger partial charge in [-0.2, -0.15) is 0 Å². The van der Waals surface area contributed by atoms with Crippen molar-refractivity contribution < 1.29 is 19.1 Å². The Morgan fingerprint density at radius 1 is 1.04 bits per heavy atom. The Balaban J connectivity index is 1.49. The highest BCUT2D eigenvalue weighted by Crippen LogP contribution is 2.32. The van der Waals surface area contributed by atoms with Gasteiger partial charge >= 0.3 is 0 Å². The smallest absolute Gasteiger partial charge is 0.225 e. The standard InChI is InChI=1S/C16H27N3O4/c17-15(20)12-1-2-13(9-12)16(21)19-5-8-23-14(11-19)10-18-3-6-22-7-4-18/h12-14H,1-11H2,(H2,17,20)/t12-,13+,14?/m1/s1. The zero-order chi connectivity index (χ0) is 16.2. The predicted octanol–water partition coefficient (Wildman–Crippen LogP) is -0.552. The highest BCUT2D eigenvalue weighted by molar-refractivity contribution is 5.82. The third-order valence-electron chi connectivity index (χ3n) is 5.20. The number of carbonyl (C=O) groups is 2. The highest BCUT2D eigenvalue weighted by atomic mass is 16.5. The fraction of sp³-hybridized carbons (Fsp3) is 0.875. The Hall–Kier alpha value is -1.18. The van der Waals surface area contributed by atoms with Crippen LogP contribution in [0.4, 0.5) is 0 Å². The SMILES string of the molecule is NC(=O)[C@@H]1CC[C@H](C(=O)N2CCOC(CN3CCOCC3)C2)C1. The van der Waals surface area contributed by atoms with Crippen LogP contribution in [0.1, 0.15) is 19.3 Å². The van der Waals surface area contributed by atoms with E-state index < -0.39 is 0 Å². The van der Waals surface area contributed by atoms with Crippen LogP contribution in [0.5, 0.6) is 0 Å². The zero-order valence-corrected chi connectivity index (χ0v) is 13.6. The van der Waals surface area contributed by atoms with E-state index in [0.717, 1.165) is 45.7 Å². The molecule has 7 nitrogen and oxygen atoms in total. The van der Waals surface area contributed by atoms with Crippen LogP contribution in [-0.2, 0) is 19.1 Å². The van der Waals surface area contributed by atoms with Crippen LogP contribution in [0, 0.1) is 11.8 Å². The molecule has 1 saturated carbocycles. The molecule has 0 aromatic heterocycles. The molecule has 2 N–H and O–H groups in total. The molecule has 3 fully saturated rings. The summed E-state index contributed by atoms with van der Waals surface area (Å²) in [5.74, 6) is -0.278. The topological polar surface area (TPSA) is 85.1 Å². The van der Waals surface area contributed by atoms with E-state index in [9.17, 15) is 9.59 Å². The van der Waals surface area contributed by atoms with Gasteiger partial charge in [0.05, 0.1) is 25.9 Å². The molecular formula is C16H27N3O4. The van der Waals surface area contributed by atoms with Gasteiger partial charge in [-0.15, -0.1) is 0 Å². The Kier molecular flexibility index (Phi) is 5.50. The van der Waals surface area contributed by atoms with E-state index in [-0.39, 0.29) is 29.8 Å². The van der Waals surface area contributed by atoms with Crippen LogP contribution < -0.4 is 5.73 Å². The molecule has 2 aliphatic heterocycles. The van der Waals surface area contributed by atoms with E-state index in [1.165, 1.54) is 0 Å². The molecule has 0 aromatic rings. The van der Waals surface area contributed by atoms with Gasteiger partial charge in [0.15, 0.2) is 0 Å². The van der Waals surface area contributed by atoms with Crippen LogP contribution in [-0.4, -0.2) is 80.3 Å². The largest absolute Gasteiger partial charge is 0.379 e. The maximum absolute atomic E-state index is 12.7. The molecule has 2 saturated heterocycles. The monoisotopic (exact) mass is 325 g/mol. The Bertz CT molecular complexity index is 439. The number of rotatable bonds is 4. The molecule has 0 bridgehead atoms. The number of amides is 2. The second-order valence-electron chi connectivity index (χ2n) is 6.80. The van der Waals surface area contributed by atoms with Gasteiger partial charge in [0, 0.05) is 44.6 Å². The van der Waals surface area contributed by atoms with Gasteiger partial charge in [0.2, 0.25) is 11.8 Å². The van der Waals surface area contributed by atoms with Crippen molar-refractivity contribution >= 4 is 11.8 Å². The lowest BCUT2D eigenvalue weighted by Gasteiger charge is -2.37. The Labute approximate surface area is 137 Å². The van der Waals surface area contributed by atoms with E-state index >= 15 is 0 Å². The first-order chi connectivity index (χ1) is 11.1. The van der Waals surface area contributed by atoms with Crippen molar-refractivity contribution in [2.24, 2.45) is 17.6 Å². The third-order valence-corrected chi connectivity index (χ3v) is 5.20. The van der Waals surface area contributed by atoms with Crippen molar-refractivity contribution in [3.05, 3.63) is 0 Å². The van der Waals surface area contributed by atoms with Crippen LogP contribution in [0.3, 0.4) is 0 Å². The van der Waals surface area contributed by atoms with Crippen molar-refractivity contribution in [2.75, 3.05) is 52.5 Å². The van der Waals surface area contributed by atoms with Gasteiger partial charge in [-0.3, -0.25) is 14.5 Å². The lowest BCUT2D eigenvalue weighted by atomic mass is 10.0. The fourth-order valence-corrected chi connectivity index (χ4v) is 3.82. The summed E-state index contributed by atoms with van der Waals surface area (Å²) in [6.45, 7) is 6.13. The van der Waals surface area contributed by atoms with Crippen molar-refractivity contribution in [1.82, 2.24) is 9.80 Å². The molecule has 1 unspecified atom stereocenters. The summed E-state index contributed by atoms with van der Waals surface area (Å²) in [5, 5.41) is 0. The minimum Gasteiger partial charge on any atom is -0.379 e. The normalized spacial score (nSPS) is 32.9. The number of morpholine rings is 2. The molecule has 0 radical (unpaired) electrons. The lowest BCUT2D eigenvalue weighted by molar-refractivity contribution is -0.144. The van der Waals surface area contributed by atoms with Crippen LogP contribution in [0.2, 0.25) is 0 Å².